The van der Waals surface area contributed by atoms with Gasteiger partial charge >= 0.3 is 0 Å². The Morgan fingerprint density at radius 3 is 2.79 bits per heavy atom. The van der Waals surface area contributed by atoms with Crippen molar-refractivity contribution in [3.05, 3.63) is 42.4 Å². The van der Waals surface area contributed by atoms with Gasteiger partial charge < -0.3 is 10.5 Å². The zero-order chi connectivity index (χ0) is 13.4. The van der Waals surface area contributed by atoms with E-state index in [1.165, 1.54) is 0 Å². The number of anilines is 1. The molecule has 0 amide bonds. The summed E-state index contributed by atoms with van der Waals surface area (Å²) in [6, 6.07) is 6.01. The van der Waals surface area contributed by atoms with E-state index in [9.17, 15) is 0 Å². The van der Waals surface area contributed by atoms with Crippen LogP contribution in [0.25, 0.3) is 16.9 Å². The Hall–Kier alpha value is -2.56. The Balaban J connectivity index is 2.24. The van der Waals surface area contributed by atoms with Gasteiger partial charge in [0.25, 0.3) is 0 Å². The fourth-order valence-electron chi connectivity index (χ4n) is 2.18. The standard InChI is InChI=1S/C14H14N4O/c1-9-4-3-5-11(13(9)19-2)10-6-16-14-17-7-12(15)18(14)8-10/h3-8H,15H2,1-2H3. The molecule has 96 valence electrons. The van der Waals surface area contributed by atoms with Crippen LogP contribution in [-0.2, 0) is 0 Å². The van der Waals surface area contributed by atoms with E-state index < -0.39 is 0 Å². The first-order valence-electron chi connectivity index (χ1n) is 5.93. The molecule has 0 fully saturated rings. The van der Waals surface area contributed by atoms with Crippen molar-refractivity contribution in [3.8, 4) is 16.9 Å². The summed E-state index contributed by atoms with van der Waals surface area (Å²) in [7, 11) is 1.67. The number of ether oxygens (including phenoxy) is 1. The zero-order valence-electron chi connectivity index (χ0n) is 10.8. The van der Waals surface area contributed by atoms with Crippen molar-refractivity contribution in [2.24, 2.45) is 0 Å². The topological polar surface area (TPSA) is 65.4 Å². The molecule has 0 atom stereocenters. The lowest BCUT2D eigenvalue weighted by molar-refractivity contribution is 0.413. The lowest BCUT2D eigenvalue weighted by Crippen LogP contribution is -1.97. The highest BCUT2D eigenvalue weighted by Crippen LogP contribution is 2.32. The maximum Gasteiger partial charge on any atom is 0.235 e. The summed E-state index contributed by atoms with van der Waals surface area (Å²) in [6.45, 7) is 2.01. The number of hydrogen-bond donors (Lipinski definition) is 1. The maximum atomic E-state index is 5.85. The third-order valence-corrected chi connectivity index (χ3v) is 3.12. The van der Waals surface area contributed by atoms with Crippen molar-refractivity contribution < 1.29 is 4.74 Å². The Bertz CT molecular complexity index is 748. The molecule has 0 aliphatic carbocycles. The van der Waals surface area contributed by atoms with E-state index in [0.29, 0.717) is 11.6 Å². The molecule has 2 N–H and O–H groups in total. The molecule has 5 nitrogen and oxygen atoms in total. The van der Waals surface area contributed by atoms with Crippen LogP contribution in [0.15, 0.2) is 36.8 Å². The van der Waals surface area contributed by atoms with Gasteiger partial charge in [0.2, 0.25) is 5.78 Å². The number of nitrogens with zero attached hydrogens (tertiary/aromatic N) is 3. The molecular formula is C14H14N4O. The Kier molecular flexibility index (Phi) is 2.59. The van der Waals surface area contributed by atoms with E-state index >= 15 is 0 Å². The van der Waals surface area contributed by atoms with Gasteiger partial charge in [0.1, 0.15) is 11.6 Å². The predicted octanol–water partition coefficient (Wildman–Crippen LogP) is 2.30. The van der Waals surface area contributed by atoms with Gasteiger partial charge in [-0.15, -0.1) is 0 Å². The summed E-state index contributed by atoms with van der Waals surface area (Å²) in [5.74, 6) is 2.01. The second kappa shape index (κ2) is 4.28. The lowest BCUT2D eigenvalue weighted by atomic mass is 10.0. The minimum atomic E-state index is 0.566. The van der Waals surface area contributed by atoms with E-state index in [4.69, 9.17) is 10.5 Å². The van der Waals surface area contributed by atoms with Gasteiger partial charge in [0, 0.05) is 23.5 Å². The molecule has 0 saturated heterocycles. The SMILES string of the molecule is COc1c(C)cccc1-c1cnc2ncc(N)n2c1. The number of benzene rings is 1. The highest BCUT2D eigenvalue weighted by atomic mass is 16.5. The van der Waals surface area contributed by atoms with Crippen LogP contribution in [0.5, 0.6) is 5.75 Å². The van der Waals surface area contributed by atoms with E-state index in [1.807, 2.05) is 31.3 Å². The first-order chi connectivity index (χ1) is 9.20. The van der Waals surface area contributed by atoms with Gasteiger partial charge in [0.05, 0.1) is 13.3 Å². The second-order valence-corrected chi connectivity index (χ2v) is 4.35. The number of imidazole rings is 1. The lowest BCUT2D eigenvalue weighted by Gasteiger charge is -2.11. The zero-order valence-corrected chi connectivity index (χ0v) is 10.8. The number of para-hydroxylation sites is 1. The highest BCUT2D eigenvalue weighted by Gasteiger charge is 2.10. The van der Waals surface area contributed by atoms with Crippen LogP contribution < -0.4 is 10.5 Å². The fraction of sp³-hybridized carbons (Fsp3) is 0.143. The molecule has 0 spiro atoms. The average Bonchev–Trinajstić information content (AvgIpc) is 2.80. The molecule has 19 heavy (non-hydrogen) atoms. The van der Waals surface area contributed by atoms with Crippen molar-refractivity contribution in [2.45, 2.75) is 6.92 Å². The smallest absolute Gasteiger partial charge is 0.235 e. The van der Waals surface area contributed by atoms with Gasteiger partial charge in [0.15, 0.2) is 0 Å². The van der Waals surface area contributed by atoms with E-state index in [0.717, 1.165) is 22.4 Å². The quantitative estimate of drug-likeness (QED) is 0.762. The number of aryl methyl sites for hydroxylation is 1. The van der Waals surface area contributed by atoms with Crippen LogP contribution in [0.3, 0.4) is 0 Å². The normalized spacial score (nSPS) is 10.8. The number of fused-ring (bicyclic) bond motifs is 1. The van der Waals surface area contributed by atoms with Gasteiger partial charge in [-0.3, -0.25) is 4.40 Å². The molecule has 0 unspecified atom stereocenters. The number of rotatable bonds is 2. The molecule has 5 heteroatoms. The summed E-state index contributed by atoms with van der Waals surface area (Å²) >= 11 is 0. The summed E-state index contributed by atoms with van der Waals surface area (Å²) < 4.78 is 7.23. The number of hydrogen-bond acceptors (Lipinski definition) is 4. The number of nitrogen functional groups attached to an aromatic ring is 1. The van der Waals surface area contributed by atoms with Crippen LogP contribution in [-0.4, -0.2) is 21.5 Å². The van der Waals surface area contributed by atoms with Gasteiger partial charge in [-0.2, -0.15) is 0 Å². The minimum Gasteiger partial charge on any atom is -0.496 e. The van der Waals surface area contributed by atoms with Crippen molar-refractivity contribution >= 4 is 11.6 Å². The van der Waals surface area contributed by atoms with Crippen LogP contribution in [0.1, 0.15) is 5.56 Å². The average molecular weight is 254 g/mol. The second-order valence-electron chi connectivity index (χ2n) is 4.35. The Labute approximate surface area is 110 Å². The molecule has 3 rings (SSSR count). The van der Waals surface area contributed by atoms with Gasteiger partial charge in [-0.05, 0) is 12.5 Å². The maximum absolute atomic E-state index is 5.85. The Morgan fingerprint density at radius 2 is 2.00 bits per heavy atom. The fourth-order valence-corrected chi connectivity index (χ4v) is 2.18. The third-order valence-electron chi connectivity index (χ3n) is 3.12. The largest absolute Gasteiger partial charge is 0.496 e. The molecule has 0 radical (unpaired) electrons. The molecule has 0 aliphatic heterocycles. The molecular weight excluding hydrogens is 240 g/mol. The van der Waals surface area contributed by atoms with Crippen molar-refractivity contribution in [3.63, 3.8) is 0 Å². The highest BCUT2D eigenvalue weighted by molar-refractivity contribution is 5.71. The monoisotopic (exact) mass is 254 g/mol. The van der Waals surface area contributed by atoms with Crippen molar-refractivity contribution in [1.82, 2.24) is 14.4 Å². The first kappa shape index (κ1) is 11.5. The van der Waals surface area contributed by atoms with Gasteiger partial charge in [-0.25, -0.2) is 9.97 Å². The van der Waals surface area contributed by atoms with Crippen LogP contribution in [0.4, 0.5) is 5.82 Å². The van der Waals surface area contributed by atoms with Crippen molar-refractivity contribution in [1.29, 1.82) is 0 Å². The van der Waals surface area contributed by atoms with Crippen LogP contribution in [0.2, 0.25) is 0 Å². The summed E-state index contributed by atoms with van der Waals surface area (Å²) in [4.78, 5) is 8.41. The summed E-state index contributed by atoms with van der Waals surface area (Å²) in [5.41, 5.74) is 8.87. The number of aromatic nitrogens is 3. The molecule has 0 bridgehead atoms. The molecule has 0 aliphatic rings. The van der Waals surface area contributed by atoms with Crippen LogP contribution >= 0.6 is 0 Å². The van der Waals surface area contributed by atoms with E-state index in [2.05, 4.69) is 9.97 Å². The minimum absolute atomic E-state index is 0.566. The molecule has 3 aromatic rings. The van der Waals surface area contributed by atoms with Crippen molar-refractivity contribution in [2.75, 3.05) is 12.8 Å². The number of nitrogens with two attached hydrogens (primary N) is 1. The predicted molar refractivity (Wildman–Crippen MR) is 74.1 cm³/mol. The Morgan fingerprint density at radius 1 is 1.21 bits per heavy atom. The number of methoxy groups -OCH3 is 1. The van der Waals surface area contributed by atoms with Crippen LogP contribution in [0, 0.1) is 6.92 Å². The van der Waals surface area contributed by atoms with E-state index in [-0.39, 0.29) is 0 Å². The molecule has 2 aromatic heterocycles. The molecule has 2 heterocycles. The first-order valence-corrected chi connectivity index (χ1v) is 5.93. The van der Waals surface area contributed by atoms with Gasteiger partial charge in [-0.1, -0.05) is 18.2 Å². The molecule has 0 saturated carbocycles. The third kappa shape index (κ3) is 1.79. The molecule has 1 aromatic carbocycles. The summed E-state index contributed by atoms with van der Waals surface area (Å²) in [5, 5.41) is 0. The van der Waals surface area contributed by atoms with E-state index in [1.54, 1.807) is 23.9 Å². The summed E-state index contributed by atoms with van der Waals surface area (Å²) in [6.07, 6.45) is 5.29.